The van der Waals surface area contributed by atoms with Crippen LogP contribution in [0.15, 0.2) is 76.8 Å². The third-order valence-corrected chi connectivity index (χ3v) is 6.00. The van der Waals surface area contributed by atoms with Crippen LogP contribution in [0.1, 0.15) is 19.4 Å². The number of nitrogens with one attached hydrogen (secondary N) is 2. The van der Waals surface area contributed by atoms with Crippen molar-refractivity contribution in [3.05, 3.63) is 77.5 Å². The predicted molar refractivity (Wildman–Crippen MR) is 129 cm³/mol. The van der Waals surface area contributed by atoms with Gasteiger partial charge < -0.3 is 21.1 Å². The molecule has 172 valence electrons. The molecule has 1 atom stereocenters. The van der Waals surface area contributed by atoms with Crippen LogP contribution in [0.3, 0.4) is 0 Å². The van der Waals surface area contributed by atoms with Gasteiger partial charge in [-0.2, -0.15) is 0 Å². The molecule has 0 saturated heterocycles. The summed E-state index contributed by atoms with van der Waals surface area (Å²) in [5.41, 5.74) is 10.2. The van der Waals surface area contributed by atoms with Crippen molar-refractivity contribution in [3.63, 3.8) is 0 Å². The summed E-state index contributed by atoms with van der Waals surface area (Å²) in [5, 5.41) is 6.07. The molecule has 0 radical (unpaired) electrons. The van der Waals surface area contributed by atoms with E-state index in [2.05, 4.69) is 10.6 Å². The summed E-state index contributed by atoms with van der Waals surface area (Å²) in [6.07, 6.45) is 3.02. The van der Waals surface area contributed by atoms with Crippen LogP contribution in [0.4, 0.5) is 5.69 Å². The van der Waals surface area contributed by atoms with Crippen LogP contribution in [-0.4, -0.2) is 46.9 Å². The first-order chi connectivity index (χ1) is 15.1. The number of sulfone groups is 1. The Kier molecular flexibility index (Phi) is 9.19. The molecule has 0 heterocycles. The smallest absolute Gasteiger partial charge is 0.241 e. The van der Waals surface area contributed by atoms with Crippen molar-refractivity contribution >= 4 is 27.0 Å². The highest BCUT2D eigenvalue weighted by atomic mass is 32.2. The van der Waals surface area contributed by atoms with E-state index in [0.29, 0.717) is 18.7 Å². The van der Waals surface area contributed by atoms with Crippen molar-refractivity contribution in [1.29, 1.82) is 0 Å². The summed E-state index contributed by atoms with van der Waals surface area (Å²) < 4.78 is 28.4. The molecule has 0 fully saturated rings. The van der Waals surface area contributed by atoms with E-state index in [9.17, 15) is 13.2 Å². The lowest BCUT2D eigenvalue weighted by molar-refractivity contribution is -0.121. The monoisotopic (exact) mass is 457 g/mol. The van der Waals surface area contributed by atoms with Gasteiger partial charge in [-0.15, -0.1) is 0 Å². The fourth-order valence-corrected chi connectivity index (χ4v) is 3.68. The summed E-state index contributed by atoms with van der Waals surface area (Å²) in [6.45, 7) is 4.50. The summed E-state index contributed by atoms with van der Waals surface area (Å²) in [5.74, 6) is -0.317. The van der Waals surface area contributed by atoms with Gasteiger partial charge in [0.15, 0.2) is 9.84 Å². The second-order valence-electron chi connectivity index (χ2n) is 7.46. The van der Waals surface area contributed by atoms with Crippen LogP contribution in [0.25, 0.3) is 5.57 Å². The number of ether oxygens (including phenoxy) is 1. The number of benzene rings is 2. The minimum atomic E-state index is -3.27. The molecule has 8 heteroatoms. The standard InChI is InChI=1S/C24H31N3O4S/c1-17(19-10-12-21(13-11-19)32(4,29)30)16-22(23(25)24(28)26-14-15-31-3)18(2)27-20-8-6-5-7-9-20/h5-13,16,23,27H,14-15,25H2,1-4H3,(H,26,28)/b17-16+,22-18+. The minimum absolute atomic E-state index is 0.251. The first-order valence-corrected chi connectivity index (χ1v) is 12.1. The van der Waals surface area contributed by atoms with E-state index >= 15 is 0 Å². The first-order valence-electron chi connectivity index (χ1n) is 10.2. The number of hydrogen-bond acceptors (Lipinski definition) is 6. The van der Waals surface area contributed by atoms with Gasteiger partial charge in [-0.1, -0.05) is 36.4 Å². The Morgan fingerprint density at radius 3 is 2.28 bits per heavy atom. The highest BCUT2D eigenvalue weighted by Gasteiger charge is 2.20. The molecule has 7 nitrogen and oxygen atoms in total. The molecule has 2 aromatic carbocycles. The van der Waals surface area contributed by atoms with Gasteiger partial charge in [0, 0.05) is 31.3 Å². The number of carbonyl (C=O) groups excluding carboxylic acids is 1. The lowest BCUT2D eigenvalue weighted by atomic mass is 9.98. The van der Waals surface area contributed by atoms with E-state index in [1.807, 2.05) is 50.3 Å². The lowest BCUT2D eigenvalue weighted by Gasteiger charge is -2.19. The fraction of sp³-hybridized carbons (Fsp3) is 0.292. The second-order valence-corrected chi connectivity index (χ2v) is 9.47. The highest BCUT2D eigenvalue weighted by Crippen LogP contribution is 2.22. The van der Waals surface area contributed by atoms with Gasteiger partial charge >= 0.3 is 0 Å². The molecule has 32 heavy (non-hydrogen) atoms. The van der Waals surface area contributed by atoms with Gasteiger partial charge in [0.05, 0.1) is 11.5 Å². The highest BCUT2D eigenvalue weighted by molar-refractivity contribution is 7.90. The Balaban J connectivity index is 2.40. The van der Waals surface area contributed by atoms with E-state index in [1.165, 1.54) is 6.26 Å². The van der Waals surface area contributed by atoms with Crippen molar-refractivity contribution in [2.24, 2.45) is 5.73 Å². The van der Waals surface area contributed by atoms with Crippen molar-refractivity contribution in [1.82, 2.24) is 5.32 Å². The molecule has 0 aromatic heterocycles. The number of para-hydroxylation sites is 1. The van der Waals surface area contributed by atoms with E-state index in [1.54, 1.807) is 31.4 Å². The topological polar surface area (TPSA) is 111 Å². The summed E-state index contributed by atoms with van der Waals surface area (Å²) >= 11 is 0. The van der Waals surface area contributed by atoms with Crippen molar-refractivity contribution in [2.75, 3.05) is 31.8 Å². The number of carbonyl (C=O) groups is 1. The number of rotatable bonds is 10. The van der Waals surface area contributed by atoms with Crippen molar-refractivity contribution < 1.29 is 17.9 Å². The average molecular weight is 458 g/mol. The summed E-state index contributed by atoms with van der Waals surface area (Å²) in [7, 11) is -1.71. The van der Waals surface area contributed by atoms with Gasteiger partial charge in [-0.05, 0) is 54.8 Å². The second kappa shape index (κ2) is 11.6. The molecule has 2 rings (SSSR count). The molecule has 4 N–H and O–H groups in total. The van der Waals surface area contributed by atoms with Crippen LogP contribution < -0.4 is 16.4 Å². The molecule has 0 bridgehead atoms. The maximum absolute atomic E-state index is 12.6. The van der Waals surface area contributed by atoms with Crippen molar-refractivity contribution in [2.45, 2.75) is 24.8 Å². The third-order valence-electron chi connectivity index (χ3n) is 4.87. The Morgan fingerprint density at radius 1 is 1.09 bits per heavy atom. The lowest BCUT2D eigenvalue weighted by Crippen LogP contribution is -2.43. The largest absolute Gasteiger partial charge is 0.383 e. The summed E-state index contributed by atoms with van der Waals surface area (Å²) in [4.78, 5) is 12.9. The SMILES string of the molecule is COCCNC(=O)C(N)C(/C=C(\C)c1ccc(S(C)(=O)=O)cc1)=C(\C)Nc1ccccc1. The fourth-order valence-electron chi connectivity index (χ4n) is 3.05. The van der Waals surface area contributed by atoms with Gasteiger partial charge in [-0.3, -0.25) is 4.79 Å². The molecule has 0 spiro atoms. The van der Waals surface area contributed by atoms with E-state index in [4.69, 9.17) is 10.5 Å². The van der Waals surface area contributed by atoms with Gasteiger partial charge in [-0.25, -0.2) is 8.42 Å². The predicted octanol–water partition coefficient (Wildman–Crippen LogP) is 2.97. The number of hydrogen-bond donors (Lipinski definition) is 3. The number of allylic oxidation sites excluding steroid dienone is 2. The van der Waals surface area contributed by atoms with Crippen molar-refractivity contribution in [3.8, 4) is 0 Å². The number of nitrogens with two attached hydrogens (primary N) is 1. The molecule has 1 unspecified atom stereocenters. The Bertz CT molecular complexity index is 1080. The molecular formula is C24H31N3O4S. The van der Waals surface area contributed by atoms with Crippen LogP contribution in [0, 0.1) is 0 Å². The van der Waals surface area contributed by atoms with E-state index < -0.39 is 15.9 Å². The first kappa shape index (κ1) is 25.3. The van der Waals surface area contributed by atoms with Gasteiger partial charge in [0.1, 0.15) is 6.04 Å². The number of anilines is 1. The molecule has 0 aliphatic rings. The van der Waals surface area contributed by atoms with Gasteiger partial charge in [0.2, 0.25) is 5.91 Å². The molecule has 0 saturated carbocycles. The van der Waals surface area contributed by atoms with E-state index in [0.717, 1.165) is 22.5 Å². The third kappa shape index (κ3) is 7.33. The van der Waals surface area contributed by atoms with Crippen LogP contribution in [0.5, 0.6) is 0 Å². The zero-order valence-corrected chi connectivity index (χ0v) is 19.7. The normalized spacial score (nSPS) is 13.8. The molecule has 2 aromatic rings. The zero-order valence-electron chi connectivity index (χ0n) is 18.9. The zero-order chi connectivity index (χ0) is 23.7. The Labute approximate surface area is 190 Å². The Morgan fingerprint density at radius 2 is 1.72 bits per heavy atom. The minimum Gasteiger partial charge on any atom is -0.383 e. The quantitative estimate of drug-likeness (QED) is 0.374. The van der Waals surface area contributed by atoms with Crippen LogP contribution >= 0.6 is 0 Å². The maximum Gasteiger partial charge on any atom is 0.241 e. The van der Waals surface area contributed by atoms with E-state index in [-0.39, 0.29) is 10.8 Å². The molecular weight excluding hydrogens is 426 g/mol. The van der Waals surface area contributed by atoms with Crippen LogP contribution in [0.2, 0.25) is 0 Å². The molecule has 0 aliphatic heterocycles. The number of methoxy groups -OCH3 is 1. The maximum atomic E-state index is 12.6. The average Bonchev–Trinajstić information content (AvgIpc) is 2.77. The van der Waals surface area contributed by atoms with Gasteiger partial charge in [0.25, 0.3) is 0 Å². The Hall–Kier alpha value is -2.94. The summed E-state index contributed by atoms with van der Waals surface area (Å²) in [6, 6.07) is 15.3. The molecule has 0 aliphatic carbocycles. The number of amides is 1. The molecule has 1 amide bonds. The van der Waals surface area contributed by atoms with Crippen LogP contribution in [-0.2, 0) is 19.4 Å².